The summed E-state index contributed by atoms with van der Waals surface area (Å²) < 4.78 is 69.0. The number of esters is 4. The number of hydrogen-bond donors (Lipinski definition) is 3. The molecular weight excluding hydrogens is 1380 g/mol. The largest absolute Gasteiger partial charge is 0.472 e. The summed E-state index contributed by atoms with van der Waals surface area (Å²) in [5, 5.41) is 10.7. The van der Waals surface area contributed by atoms with Gasteiger partial charge in [0, 0.05) is 25.7 Å². The Balaban J connectivity index is 5.27. The summed E-state index contributed by atoms with van der Waals surface area (Å²) in [6.07, 6.45) is 70.6. The predicted molar refractivity (Wildman–Crippen MR) is 437 cm³/mol. The van der Waals surface area contributed by atoms with Gasteiger partial charge in [0.1, 0.15) is 19.3 Å². The van der Waals surface area contributed by atoms with Crippen molar-refractivity contribution in [1.82, 2.24) is 0 Å². The maximum absolute atomic E-state index is 13.2. The van der Waals surface area contributed by atoms with Gasteiger partial charge >= 0.3 is 39.5 Å². The number of carbonyl (C=O) groups excluding carboxylic acids is 4. The van der Waals surface area contributed by atoms with E-state index in [0.717, 1.165) is 102 Å². The first-order valence-electron chi connectivity index (χ1n) is 45.0. The highest BCUT2D eigenvalue weighted by Gasteiger charge is 2.30. The topological polar surface area (TPSA) is 237 Å². The summed E-state index contributed by atoms with van der Waals surface area (Å²) in [5.74, 6) is -0.457. The third-order valence-electron chi connectivity index (χ3n) is 20.8. The normalized spacial score (nSPS) is 14.1. The van der Waals surface area contributed by atoms with Gasteiger partial charge in [0.2, 0.25) is 0 Å². The Bertz CT molecular complexity index is 2030. The summed E-state index contributed by atoms with van der Waals surface area (Å²) in [4.78, 5) is 73.3. The van der Waals surface area contributed by atoms with Gasteiger partial charge in [-0.05, 0) is 37.5 Å². The van der Waals surface area contributed by atoms with Crippen LogP contribution in [0.3, 0.4) is 0 Å². The van der Waals surface area contributed by atoms with E-state index in [9.17, 15) is 43.2 Å². The molecule has 6 atom stereocenters. The maximum atomic E-state index is 13.2. The molecule has 3 N–H and O–H groups in total. The SMILES string of the molecule is CCCCCCCCCCCCCCCCCCCCC(=O)OC[C@H](COP(=O)(O)OC[C@@H](O)COP(=O)(O)OC[C@@H](COC(=O)CCCCCCCCCCCCCCC)OC(=O)CCCCCCCCCCCCCCCCC(C)C)OC(=O)CCCCCCCCCCCCCCCCC(C)CC. The second kappa shape index (κ2) is 78.3. The highest BCUT2D eigenvalue weighted by Crippen LogP contribution is 2.45. The van der Waals surface area contributed by atoms with Gasteiger partial charge < -0.3 is 33.8 Å². The Morgan fingerprint density at radius 3 is 0.717 bits per heavy atom. The van der Waals surface area contributed by atoms with Crippen LogP contribution in [-0.2, 0) is 65.4 Å². The summed E-state index contributed by atoms with van der Waals surface area (Å²) in [6, 6.07) is 0. The van der Waals surface area contributed by atoms with Crippen LogP contribution in [0.15, 0.2) is 0 Å². The lowest BCUT2D eigenvalue weighted by Crippen LogP contribution is -2.30. The average molecular weight is 1550 g/mol. The zero-order valence-corrected chi connectivity index (χ0v) is 71.5. The van der Waals surface area contributed by atoms with E-state index >= 15 is 0 Å². The van der Waals surface area contributed by atoms with Gasteiger partial charge in [-0.2, -0.15) is 0 Å². The number of rotatable bonds is 86. The van der Waals surface area contributed by atoms with Crippen LogP contribution in [0.25, 0.3) is 0 Å². The summed E-state index contributed by atoms with van der Waals surface area (Å²) >= 11 is 0. The first-order valence-corrected chi connectivity index (χ1v) is 48.0. The Morgan fingerprint density at radius 1 is 0.274 bits per heavy atom. The molecule has 0 radical (unpaired) electrons. The molecule has 0 aliphatic heterocycles. The van der Waals surface area contributed by atoms with Crippen LogP contribution in [0.1, 0.15) is 465 Å². The van der Waals surface area contributed by atoms with E-state index in [0.29, 0.717) is 25.7 Å². The lowest BCUT2D eigenvalue weighted by molar-refractivity contribution is -0.161. The minimum atomic E-state index is -4.97. The molecule has 0 aromatic heterocycles. The van der Waals surface area contributed by atoms with Crippen molar-refractivity contribution in [3.05, 3.63) is 0 Å². The molecule has 19 heteroatoms. The third-order valence-corrected chi connectivity index (χ3v) is 22.7. The van der Waals surface area contributed by atoms with Crippen molar-refractivity contribution in [3.63, 3.8) is 0 Å². The van der Waals surface area contributed by atoms with E-state index in [-0.39, 0.29) is 25.7 Å². The second-order valence-electron chi connectivity index (χ2n) is 32.0. The van der Waals surface area contributed by atoms with Crippen LogP contribution >= 0.6 is 15.6 Å². The Morgan fingerprint density at radius 2 is 0.481 bits per heavy atom. The fourth-order valence-corrected chi connectivity index (χ4v) is 15.1. The highest BCUT2D eigenvalue weighted by atomic mass is 31.2. The molecule has 0 spiro atoms. The molecule has 0 fully saturated rings. The monoisotopic (exact) mass is 1550 g/mol. The molecule has 3 unspecified atom stereocenters. The highest BCUT2D eigenvalue weighted by molar-refractivity contribution is 7.47. The average Bonchev–Trinajstić information content (AvgIpc) is 0.901. The summed E-state index contributed by atoms with van der Waals surface area (Å²) in [5.41, 5.74) is 0. The molecule has 106 heavy (non-hydrogen) atoms. The van der Waals surface area contributed by atoms with Gasteiger partial charge in [0.15, 0.2) is 12.2 Å². The van der Waals surface area contributed by atoms with Gasteiger partial charge in [-0.3, -0.25) is 37.3 Å². The van der Waals surface area contributed by atoms with Crippen LogP contribution in [0.5, 0.6) is 0 Å². The van der Waals surface area contributed by atoms with E-state index in [1.807, 2.05) is 0 Å². The first kappa shape index (κ1) is 104. The molecular formula is C87H170O17P2. The Kier molecular flexibility index (Phi) is 76.9. The standard InChI is InChI=1S/C87H170O17P2/c1-7-10-12-14-16-18-20-22-23-24-25-26-34-40-46-52-58-64-70-85(90)98-76-83(104-87(92)72-66-60-54-48-42-36-30-28-33-38-44-50-56-62-68-80(6)9-3)78-102-106(95,96)100-74-81(88)73-99-105(93,94)101-77-82(75-97-84(89)69-63-57-51-45-39-31-21-19-17-15-13-11-8-2)103-86(91)71-65-59-53-47-41-35-29-27-32-37-43-49-55-61-67-79(4)5/h79-83,88H,7-78H2,1-6H3,(H,93,94)(H,95,96)/t80?,81-,82+,83+/m0/s1. The number of phosphoric acid groups is 2. The Hall–Kier alpha value is -1.94. The van der Waals surface area contributed by atoms with Gasteiger partial charge in [0.05, 0.1) is 26.4 Å². The fourth-order valence-electron chi connectivity index (χ4n) is 13.6. The fraction of sp³-hybridized carbons (Fsp3) is 0.954. The van der Waals surface area contributed by atoms with E-state index < -0.39 is 97.5 Å². The van der Waals surface area contributed by atoms with Crippen molar-refractivity contribution in [2.75, 3.05) is 39.6 Å². The van der Waals surface area contributed by atoms with E-state index in [1.165, 1.54) is 283 Å². The minimum Gasteiger partial charge on any atom is -0.462 e. The number of aliphatic hydroxyl groups is 1. The van der Waals surface area contributed by atoms with Crippen molar-refractivity contribution in [2.24, 2.45) is 11.8 Å². The number of aliphatic hydroxyl groups excluding tert-OH is 1. The number of hydrogen-bond acceptors (Lipinski definition) is 15. The number of unbranched alkanes of at least 4 members (excludes halogenated alkanes) is 55. The smallest absolute Gasteiger partial charge is 0.462 e. The van der Waals surface area contributed by atoms with Crippen molar-refractivity contribution in [1.29, 1.82) is 0 Å². The van der Waals surface area contributed by atoms with Crippen LogP contribution < -0.4 is 0 Å². The van der Waals surface area contributed by atoms with Crippen molar-refractivity contribution in [3.8, 4) is 0 Å². The maximum Gasteiger partial charge on any atom is 0.472 e. The van der Waals surface area contributed by atoms with Crippen LogP contribution in [0.2, 0.25) is 0 Å². The van der Waals surface area contributed by atoms with Gasteiger partial charge in [-0.15, -0.1) is 0 Å². The zero-order valence-electron chi connectivity index (χ0n) is 69.7. The first-order chi connectivity index (χ1) is 51.4. The molecule has 0 aromatic carbocycles. The molecule has 0 bridgehead atoms. The van der Waals surface area contributed by atoms with Gasteiger partial charge in [0.25, 0.3) is 0 Å². The van der Waals surface area contributed by atoms with E-state index in [4.69, 9.17) is 37.0 Å². The van der Waals surface area contributed by atoms with E-state index in [1.54, 1.807) is 0 Å². The Labute approximate surface area is 651 Å². The molecule has 0 rings (SSSR count). The predicted octanol–water partition coefficient (Wildman–Crippen LogP) is 26.6. The molecule has 630 valence electrons. The summed E-state index contributed by atoms with van der Waals surface area (Å²) in [6.45, 7) is 9.76. The van der Waals surface area contributed by atoms with Gasteiger partial charge in [-0.1, -0.05) is 414 Å². The molecule has 0 saturated heterocycles. The van der Waals surface area contributed by atoms with Crippen molar-refractivity contribution < 1.29 is 80.2 Å². The lowest BCUT2D eigenvalue weighted by atomic mass is 9.99. The number of phosphoric ester groups is 2. The van der Waals surface area contributed by atoms with Crippen molar-refractivity contribution in [2.45, 2.75) is 484 Å². The molecule has 0 amide bonds. The third kappa shape index (κ3) is 78.7. The molecule has 17 nitrogen and oxygen atoms in total. The molecule has 0 aliphatic rings. The van der Waals surface area contributed by atoms with E-state index in [2.05, 4.69) is 41.5 Å². The van der Waals surface area contributed by atoms with Crippen LogP contribution in [-0.4, -0.2) is 96.7 Å². The van der Waals surface area contributed by atoms with Crippen molar-refractivity contribution >= 4 is 39.5 Å². The summed E-state index contributed by atoms with van der Waals surface area (Å²) in [7, 11) is -9.93. The quantitative estimate of drug-likeness (QED) is 0.0222. The van der Waals surface area contributed by atoms with Crippen LogP contribution in [0, 0.1) is 11.8 Å². The second-order valence-corrected chi connectivity index (χ2v) is 34.9. The van der Waals surface area contributed by atoms with Gasteiger partial charge in [-0.25, -0.2) is 9.13 Å². The molecule has 0 heterocycles. The number of carbonyl (C=O) groups is 4. The molecule has 0 saturated carbocycles. The zero-order chi connectivity index (χ0) is 77.8. The van der Waals surface area contributed by atoms with Crippen LogP contribution in [0.4, 0.5) is 0 Å². The molecule has 0 aromatic rings. The molecule has 0 aliphatic carbocycles. The lowest BCUT2D eigenvalue weighted by Gasteiger charge is -2.21. The number of ether oxygens (including phenoxy) is 4. The minimum absolute atomic E-state index is 0.108.